The Morgan fingerprint density at radius 2 is 1.87 bits per heavy atom. The van der Waals surface area contributed by atoms with Crippen LogP contribution in [0.1, 0.15) is 88.8 Å². The maximum absolute atomic E-state index is 14.3. The molecule has 0 saturated heterocycles. The molecule has 2 N–H and O–H groups in total. The summed E-state index contributed by atoms with van der Waals surface area (Å²) in [5, 5.41) is 14.5. The summed E-state index contributed by atoms with van der Waals surface area (Å²) in [4.78, 5) is 23.5. The van der Waals surface area contributed by atoms with Gasteiger partial charge in [-0.05, 0) is 61.5 Å². The molecule has 212 valence electrons. The maximum atomic E-state index is 14.3. The van der Waals surface area contributed by atoms with Gasteiger partial charge >= 0.3 is 6.18 Å². The first-order chi connectivity index (χ1) is 17.6. The predicted octanol–water partition coefficient (Wildman–Crippen LogP) is 6.75. The van der Waals surface area contributed by atoms with Crippen molar-refractivity contribution in [3.05, 3.63) is 52.1 Å². The van der Waals surface area contributed by atoms with Crippen LogP contribution in [0.15, 0.2) is 40.9 Å². The maximum Gasteiger partial charge on any atom is 0.433 e. The third-order valence-electron chi connectivity index (χ3n) is 6.78. The molecule has 1 aromatic rings. The van der Waals surface area contributed by atoms with E-state index in [4.69, 9.17) is 21.5 Å². The molecule has 0 bridgehead atoms. The zero-order chi connectivity index (χ0) is 28.8. The Morgan fingerprint density at radius 1 is 1.29 bits per heavy atom. The highest BCUT2D eigenvalue weighted by molar-refractivity contribution is 6.32. The number of hydrogen-bond acceptors (Lipinski definition) is 4. The van der Waals surface area contributed by atoms with Gasteiger partial charge in [0.05, 0.1) is 22.8 Å². The second-order valence-corrected chi connectivity index (χ2v) is 11.5. The summed E-state index contributed by atoms with van der Waals surface area (Å²) in [6.07, 6.45) is 1.41. The first kappa shape index (κ1) is 31.5. The molecule has 2 heterocycles. The Bertz CT molecular complexity index is 1080. The zero-order valence-corrected chi connectivity index (χ0v) is 23.4. The summed E-state index contributed by atoms with van der Waals surface area (Å²) in [5.74, 6) is -0.168. The van der Waals surface area contributed by atoms with Crippen molar-refractivity contribution in [2.45, 2.75) is 78.9 Å². The van der Waals surface area contributed by atoms with Crippen molar-refractivity contribution in [2.24, 2.45) is 11.3 Å². The van der Waals surface area contributed by atoms with Gasteiger partial charge in [-0.25, -0.2) is 0 Å². The molecule has 3 rings (SSSR count). The molecule has 1 fully saturated rings. The lowest BCUT2D eigenvalue weighted by Crippen LogP contribution is -2.39. The number of carboxylic acid groups (broad SMARTS) is 1. The Balaban J connectivity index is 0.00000161. The van der Waals surface area contributed by atoms with Crippen molar-refractivity contribution in [3.8, 4) is 0 Å². The van der Waals surface area contributed by atoms with Crippen LogP contribution < -0.4 is 5.32 Å². The van der Waals surface area contributed by atoms with Crippen LogP contribution in [-0.2, 0) is 11.0 Å². The molecular weight excluding hydrogens is 521 g/mol. The highest BCUT2D eigenvalue weighted by Crippen LogP contribution is 2.39. The van der Waals surface area contributed by atoms with E-state index in [2.05, 4.69) is 23.9 Å². The van der Waals surface area contributed by atoms with Gasteiger partial charge in [-0.2, -0.15) is 18.3 Å². The lowest BCUT2D eigenvalue weighted by atomic mass is 9.87. The lowest BCUT2D eigenvalue weighted by Gasteiger charge is -2.32. The summed E-state index contributed by atoms with van der Waals surface area (Å²) in [6, 6.07) is -0.349. The molecule has 0 atom stereocenters. The second kappa shape index (κ2) is 12.9. The molecule has 11 heteroatoms. The molecular formula is C27H38ClF3N4O3. The van der Waals surface area contributed by atoms with Gasteiger partial charge < -0.3 is 15.3 Å². The highest BCUT2D eigenvalue weighted by Gasteiger charge is 2.43. The molecule has 0 unspecified atom stereocenters. The minimum atomic E-state index is -4.68. The number of carbonyl (C=O) groups is 2. The third-order valence-corrected chi connectivity index (χ3v) is 7.11. The number of alkyl halides is 3. The van der Waals surface area contributed by atoms with Crippen molar-refractivity contribution >= 4 is 24.0 Å². The van der Waals surface area contributed by atoms with Gasteiger partial charge in [0.25, 0.3) is 12.4 Å². The quantitative estimate of drug-likeness (QED) is 0.377. The molecule has 0 spiro atoms. The first-order valence-corrected chi connectivity index (χ1v) is 13.0. The average Bonchev–Trinajstić information content (AvgIpc) is 3.26. The van der Waals surface area contributed by atoms with Gasteiger partial charge in [0, 0.05) is 25.0 Å². The van der Waals surface area contributed by atoms with E-state index < -0.39 is 17.8 Å². The number of nitrogens with zero attached hydrogens (tertiary/aromatic N) is 3. The van der Waals surface area contributed by atoms with E-state index in [0.717, 1.165) is 34.9 Å². The number of allylic oxidation sites excluding steroid dienone is 2. The van der Waals surface area contributed by atoms with Gasteiger partial charge in [-0.1, -0.05) is 45.9 Å². The molecule has 1 saturated carbocycles. The summed E-state index contributed by atoms with van der Waals surface area (Å²) >= 11 is 6.37. The Kier molecular flexibility index (Phi) is 10.7. The van der Waals surface area contributed by atoms with Gasteiger partial charge in [0.1, 0.15) is 0 Å². The minimum absolute atomic E-state index is 0.226. The molecule has 1 amide bonds. The van der Waals surface area contributed by atoms with Gasteiger partial charge in [-0.15, -0.1) is 0 Å². The number of dihydropyridines is 1. The van der Waals surface area contributed by atoms with Crippen LogP contribution in [0.5, 0.6) is 0 Å². The number of halogens is 4. The predicted molar refractivity (Wildman–Crippen MR) is 141 cm³/mol. The fourth-order valence-corrected chi connectivity index (χ4v) is 5.11. The third kappa shape index (κ3) is 8.12. The number of nitrogens with one attached hydrogen (secondary N) is 1. The van der Waals surface area contributed by atoms with Crippen LogP contribution >= 0.6 is 11.6 Å². The zero-order valence-electron chi connectivity index (χ0n) is 22.7. The smallest absolute Gasteiger partial charge is 0.433 e. The van der Waals surface area contributed by atoms with Crippen LogP contribution in [0.4, 0.5) is 13.2 Å². The Labute approximate surface area is 227 Å². The van der Waals surface area contributed by atoms with E-state index >= 15 is 0 Å². The van der Waals surface area contributed by atoms with E-state index in [1.807, 2.05) is 27.7 Å². The van der Waals surface area contributed by atoms with E-state index in [9.17, 15) is 18.0 Å². The van der Waals surface area contributed by atoms with Crippen LogP contribution in [0.2, 0.25) is 0 Å². The fraction of sp³-hybridized carbons (Fsp3) is 0.593. The minimum Gasteiger partial charge on any atom is -0.483 e. The normalized spacial score (nSPS) is 20.2. The van der Waals surface area contributed by atoms with Crippen molar-refractivity contribution in [1.82, 2.24) is 20.0 Å². The van der Waals surface area contributed by atoms with Crippen LogP contribution in [0, 0.1) is 11.3 Å². The lowest BCUT2D eigenvalue weighted by molar-refractivity contribution is -0.145. The first-order valence-electron chi connectivity index (χ1n) is 12.6. The van der Waals surface area contributed by atoms with E-state index in [1.54, 1.807) is 6.20 Å². The molecule has 2 aliphatic rings. The summed E-state index contributed by atoms with van der Waals surface area (Å²) in [7, 11) is 0. The van der Waals surface area contributed by atoms with E-state index in [-0.39, 0.29) is 30.0 Å². The van der Waals surface area contributed by atoms with Gasteiger partial charge in [0.15, 0.2) is 5.69 Å². The molecule has 1 aliphatic heterocycles. The summed E-state index contributed by atoms with van der Waals surface area (Å²) in [6.45, 7) is 14.1. The largest absolute Gasteiger partial charge is 0.483 e. The van der Waals surface area contributed by atoms with Crippen molar-refractivity contribution in [1.29, 1.82) is 0 Å². The van der Waals surface area contributed by atoms with Gasteiger partial charge in [-0.3, -0.25) is 14.3 Å². The van der Waals surface area contributed by atoms with E-state index in [0.29, 0.717) is 42.5 Å². The van der Waals surface area contributed by atoms with E-state index in [1.165, 1.54) is 4.90 Å². The second-order valence-electron chi connectivity index (χ2n) is 11.1. The molecule has 0 aromatic carbocycles. The number of amides is 1. The van der Waals surface area contributed by atoms with Crippen molar-refractivity contribution in [3.63, 3.8) is 0 Å². The number of aromatic nitrogens is 2. The monoisotopic (exact) mass is 558 g/mol. The van der Waals surface area contributed by atoms with Crippen LogP contribution in [0.25, 0.3) is 0 Å². The molecule has 0 radical (unpaired) electrons. The highest BCUT2D eigenvalue weighted by atomic mass is 35.5. The van der Waals surface area contributed by atoms with Gasteiger partial charge in [0.2, 0.25) is 0 Å². The standard InChI is InChI=1S/C26H36ClF3N4O.CH2O2/c1-16-7-9-19(10-8-16)34-23(26(28,29)30)21(13-32-34)24(35)33(15-25(4,5)6)12-11-20-17(2)18(3)31-14-22(20)27;2-1-3/h13-14,16,19,31H,3,7-12,15H2,1-2,4-6H3;1H,(H,2,3). The Morgan fingerprint density at radius 3 is 2.39 bits per heavy atom. The summed E-state index contributed by atoms with van der Waals surface area (Å²) < 4.78 is 43.9. The number of hydrogen-bond donors (Lipinski definition) is 2. The van der Waals surface area contributed by atoms with Crippen molar-refractivity contribution < 1.29 is 27.9 Å². The topological polar surface area (TPSA) is 87.5 Å². The van der Waals surface area contributed by atoms with Crippen LogP contribution in [0.3, 0.4) is 0 Å². The molecule has 1 aliphatic carbocycles. The van der Waals surface area contributed by atoms with Crippen molar-refractivity contribution in [2.75, 3.05) is 13.1 Å². The average molecular weight is 559 g/mol. The van der Waals surface area contributed by atoms with Crippen LogP contribution in [-0.4, -0.2) is 45.3 Å². The SMILES string of the molecule is C=C1NC=C(Cl)C(CCN(CC(C)(C)C)C(=O)c2cnn(C3CCC(C)CC3)c2C(F)(F)F)=C1C.O=CO. The fourth-order valence-electron chi connectivity index (χ4n) is 4.82. The molecule has 1 aromatic heterocycles. The summed E-state index contributed by atoms with van der Waals surface area (Å²) in [5.41, 5.74) is 0.762. The molecule has 7 nitrogen and oxygen atoms in total. The number of rotatable bonds is 6. The molecule has 38 heavy (non-hydrogen) atoms. The number of carbonyl (C=O) groups excluding carboxylic acids is 1. The Hall–Kier alpha value is -2.75.